The number of nitrogens with zero attached hydrogens (tertiary/aromatic N) is 3. The highest BCUT2D eigenvalue weighted by Crippen LogP contribution is 2.23. The zero-order valence-electron chi connectivity index (χ0n) is 14.4. The van der Waals surface area contributed by atoms with Gasteiger partial charge in [0, 0.05) is 32.5 Å². The van der Waals surface area contributed by atoms with Crippen molar-refractivity contribution in [2.24, 2.45) is 5.92 Å². The lowest BCUT2D eigenvalue weighted by molar-refractivity contribution is -0.132. The molecule has 1 saturated heterocycles. The quantitative estimate of drug-likeness (QED) is 0.908. The minimum atomic E-state index is -0.317. The van der Waals surface area contributed by atoms with E-state index >= 15 is 0 Å². The molecular formula is C19H23FN4O. The van der Waals surface area contributed by atoms with Crippen molar-refractivity contribution in [3.8, 4) is 0 Å². The number of nitrogens with one attached hydrogen (secondary N) is 1. The molecule has 1 N–H and O–H groups in total. The van der Waals surface area contributed by atoms with E-state index in [-0.39, 0.29) is 18.1 Å². The van der Waals surface area contributed by atoms with Crippen molar-refractivity contribution in [3.63, 3.8) is 0 Å². The molecule has 2 heterocycles. The van der Waals surface area contributed by atoms with Crippen LogP contribution < -0.4 is 5.32 Å². The van der Waals surface area contributed by atoms with Crippen molar-refractivity contribution in [2.45, 2.75) is 25.7 Å². The van der Waals surface area contributed by atoms with Crippen LogP contribution in [0.3, 0.4) is 0 Å². The van der Waals surface area contributed by atoms with Crippen molar-refractivity contribution < 1.29 is 9.18 Å². The summed E-state index contributed by atoms with van der Waals surface area (Å²) in [6, 6.07) is 6.47. The number of amides is 1. The number of benzene rings is 1. The topological polar surface area (TPSA) is 58.1 Å². The summed E-state index contributed by atoms with van der Waals surface area (Å²) in [6.45, 7) is 1.43. The first-order valence-electron chi connectivity index (χ1n) is 8.66. The molecule has 0 aliphatic carbocycles. The molecule has 25 heavy (non-hydrogen) atoms. The maximum absolute atomic E-state index is 13.8. The Balaban J connectivity index is 1.63. The second kappa shape index (κ2) is 8.05. The summed E-state index contributed by atoms with van der Waals surface area (Å²) in [5.41, 5.74) is 1.39. The molecule has 5 nitrogen and oxygen atoms in total. The van der Waals surface area contributed by atoms with E-state index in [4.69, 9.17) is 0 Å². The molecule has 1 amide bonds. The molecule has 1 unspecified atom stereocenters. The summed E-state index contributed by atoms with van der Waals surface area (Å²) in [5, 5.41) is 3.06. The van der Waals surface area contributed by atoms with Gasteiger partial charge in [-0.15, -0.1) is 0 Å². The molecule has 6 heteroatoms. The van der Waals surface area contributed by atoms with Crippen LogP contribution in [0.4, 0.5) is 10.2 Å². The maximum Gasteiger partial charge on any atom is 0.227 e. The van der Waals surface area contributed by atoms with E-state index in [9.17, 15) is 9.18 Å². The molecule has 1 fully saturated rings. The van der Waals surface area contributed by atoms with E-state index in [0.29, 0.717) is 18.0 Å². The maximum atomic E-state index is 13.8. The summed E-state index contributed by atoms with van der Waals surface area (Å²) in [4.78, 5) is 23.1. The summed E-state index contributed by atoms with van der Waals surface area (Å²) >= 11 is 0. The van der Waals surface area contributed by atoms with E-state index in [0.717, 1.165) is 37.3 Å². The molecule has 0 bridgehead atoms. The van der Waals surface area contributed by atoms with Gasteiger partial charge in [0.1, 0.15) is 11.6 Å². The highest BCUT2D eigenvalue weighted by molar-refractivity contribution is 5.79. The molecule has 3 rings (SSSR count). The van der Waals surface area contributed by atoms with Gasteiger partial charge < -0.3 is 10.2 Å². The number of hydrogen-bond donors (Lipinski definition) is 1. The SMILES string of the molecule is CNc1nccnc1CC1CCCN(C(=O)Cc2ccccc2F)C1. The Bertz CT molecular complexity index is 737. The number of rotatable bonds is 5. The highest BCUT2D eigenvalue weighted by Gasteiger charge is 2.25. The third kappa shape index (κ3) is 4.32. The lowest BCUT2D eigenvalue weighted by Gasteiger charge is -2.33. The average Bonchev–Trinajstić information content (AvgIpc) is 2.64. The fourth-order valence-corrected chi connectivity index (χ4v) is 3.37. The number of likely N-dealkylation sites (tertiary alicyclic amines) is 1. The van der Waals surface area contributed by atoms with Gasteiger partial charge in [0.2, 0.25) is 5.91 Å². The Labute approximate surface area is 147 Å². The monoisotopic (exact) mass is 342 g/mol. The molecule has 0 saturated carbocycles. The Morgan fingerprint density at radius 3 is 2.92 bits per heavy atom. The van der Waals surface area contributed by atoms with Gasteiger partial charge in [0.15, 0.2) is 0 Å². The molecule has 1 atom stereocenters. The van der Waals surface area contributed by atoms with E-state index in [1.807, 2.05) is 11.9 Å². The third-order valence-corrected chi connectivity index (χ3v) is 4.66. The van der Waals surface area contributed by atoms with Gasteiger partial charge in [-0.2, -0.15) is 0 Å². The van der Waals surface area contributed by atoms with Crippen LogP contribution >= 0.6 is 0 Å². The number of piperidine rings is 1. The van der Waals surface area contributed by atoms with Crippen LogP contribution in [0.1, 0.15) is 24.1 Å². The molecule has 1 aliphatic rings. The molecule has 1 aliphatic heterocycles. The van der Waals surface area contributed by atoms with Gasteiger partial charge in [0.05, 0.1) is 12.1 Å². The molecule has 2 aromatic rings. The fraction of sp³-hybridized carbons (Fsp3) is 0.421. The Morgan fingerprint density at radius 1 is 1.32 bits per heavy atom. The summed E-state index contributed by atoms with van der Waals surface area (Å²) in [5.74, 6) is 0.810. The fourth-order valence-electron chi connectivity index (χ4n) is 3.37. The zero-order chi connectivity index (χ0) is 17.6. The molecule has 132 valence electrons. The number of carbonyl (C=O) groups is 1. The smallest absolute Gasteiger partial charge is 0.227 e. The average molecular weight is 342 g/mol. The predicted octanol–water partition coefficient (Wildman–Crippen LogP) is 2.68. The number of hydrogen-bond acceptors (Lipinski definition) is 4. The van der Waals surface area contributed by atoms with Crippen LogP contribution in [0.15, 0.2) is 36.7 Å². The van der Waals surface area contributed by atoms with Crippen molar-refractivity contribution in [1.82, 2.24) is 14.9 Å². The van der Waals surface area contributed by atoms with Gasteiger partial charge >= 0.3 is 0 Å². The number of aromatic nitrogens is 2. The van der Waals surface area contributed by atoms with Gasteiger partial charge in [-0.3, -0.25) is 9.78 Å². The highest BCUT2D eigenvalue weighted by atomic mass is 19.1. The Hall–Kier alpha value is -2.50. The van der Waals surface area contributed by atoms with E-state index in [2.05, 4.69) is 15.3 Å². The molecule has 0 spiro atoms. The lowest BCUT2D eigenvalue weighted by atomic mass is 9.92. The number of carbonyl (C=O) groups excluding carboxylic acids is 1. The molecule has 1 aromatic carbocycles. The first-order chi connectivity index (χ1) is 12.2. The predicted molar refractivity (Wildman–Crippen MR) is 94.7 cm³/mol. The summed E-state index contributed by atoms with van der Waals surface area (Å²) in [6.07, 6.45) is 6.28. The van der Waals surface area contributed by atoms with Crippen LogP contribution in [0.5, 0.6) is 0 Å². The zero-order valence-corrected chi connectivity index (χ0v) is 14.4. The third-order valence-electron chi connectivity index (χ3n) is 4.66. The largest absolute Gasteiger partial charge is 0.372 e. The van der Waals surface area contributed by atoms with Crippen LogP contribution in [0, 0.1) is 11.7 Å². The van der Waals surface area contributed by atoms with E-state index < -0.39 is 0 Å². The normalized spacial score (nSPS) is 17.4. The second-order valence-electron chi connectivity index (χ2n) is 6.42. The van der Waals surface area contributed by atoms with Crippen molar-refractivity contribution in [1.29, 1.82) is 0 Å². The minimum Gasteiger partial charge on any atom is -0.372 e. The lowest BCUT2D eigenvalue weighted by Crippen LogP contribution is -2.41. The van der Waals surface area contributed by atoms with Crippen LogP contribution in [0.2, 0.25) is 0 Å². The van der Waals surface area contributed by atoms with E-state index in [1.54, 1.807) is 30.6 Å². The van der Waals surface area contributed by atoms with Crippen molar-refractivity contribution in [3.05, 3.63) is 53.7 Å². The van der Waals surface area contributed by atoms with Crippen molar-refractivity contribution >= 4 is 11.7 Å². The molecular weight excluding hydrogens is 319 g/mol. The Morgan fingerprint density at radius 2 is 2.12 bits per heavy atom. The van der Waals surface area contributed by atoms with Crippen LogP contribution in [0.25, 0.3) is 0 Å². The summed E-state index contributed by atoms with van der Waals surface area (Å²) in [7, 11) is 1.83. The van der Waals surface area contributed by atoms with E-state index in [1.165, 1.54) is 6.07 Å². The first-order valence-corrected chi connectivity index (χ1v) is 8.66. The van der Waals surface area contributed by atoms with Gasteiger partial charge in [0.25, 0.3) is 0 Å². The minimum absolute atomic E-state index is 0.0113. The van der Waals surface area contributed by atoms with Gasteiger partial charge in [-0.1, -0.05) is 18.2 Å². The standard InChI is InChI=1S/C19H23FN4O/c1-21-19-17(22-8-9-23-19)11-14-5-4-10-24(13-14)18(25)12-15-6-2-3-7-16(15)20/h2-3,6-9,14H,4-5,10-13H2,1H3,(H,21,23). The van der Waals surface area contributed by atoms with Gasteiger partial charge in [-0.25, -0.2) is 9.37 Å². The second-order valence-corrected chi connectivity index (χ2v) is 6.42. The number of halogens is 1. The van der Waals surface area contributed by atoms with Crippen molar-refractivity contribution in [2.75, 3.05) is 25.5 Å². The van der Waals surface area contributed by atoms with Crippen LogP contribution in [-0.2, 0) is 17.6 Å². The Kier molecular flexibility index (Phi) is 5.58. The molecule has 1 aromatic heterocycles. The first kappa shape index (κ1) is 17.3. The summed E-state index contributed by atoms with van der Waals surface area (Å²) < 4.78 is 13.8. The molecule has 0 radical (unpaired) electrons. The number of anilines is 1. The van der Waals surface area contributed by atoms with Gasteiger partial charge in [-0.05, 0) is 36.8 Å². The van der Waals surface area contributed by atoms with Crippen LogP contribution in [-0.4, -0.2) is 40.9 Å².